The standard InChI is InChI=1S/C41H38N3O5S/c1-41(2,3)49-39(45)26-42-50(46,47)38-15-9-6-12-33(38)40-31-18-16-29(43-22-20-27-10-4-7-13-34(27)43)24-36(31)48-37-25-30(17-19-32(37)40)44-23-21-28-11-5-8-14-35(28)44/h4-19,24-25,42H,20-23,26H2,1-3H3/q+1. The van der Waals surface area contributed by atoms with Crippen molar-refractivity contribution in [3.63, 3.8) is 0 Å². The zero-order chi connectivity index (χ0) is 34.6. The maximum Gasteiger partial charge on any atom is 0.321 e. The molecular formula is C41H38N3O5S+. The number of nitrogens with zero attached hydrogens (tertiary/aromatic N) is 2. The zero-order valence-electron chi connectivity index (χ0n) is 28.3. The summed E-state index contributed by atoms with van der Waals surface area (Å²) in [7, 11) is -4.13. The molecule has 4 aromatic carbocycles. The molecule has 1 aliphatic carbocycles. The number of carbonyl (C=O) groups excluding carboxylic acids is 1. The van der Waals surface area contributed by atoms with Crippen molar-refractivity contribution in [3.05, 3.63) is 126 Å². The SMILES string of the molecule is CC(C)(C)OC(=O)CNS(=O)(=O)c1ccccc1-c1c2ccc(=[N+]3CCc4ccccc43)cc-2oc2cc(N3CCc4ccccc43)ccc12. The number of hydrogen-bond acceptors (Lipinski definition) is 6. The minimum atomic E-state index is -4.13. The second-order valence-corrected chi connectivity index (χ2v) is 15.5. The van der Waals surface area contributed by atoms with Crippen molar-refractivity contribution in [2.45, 2.75) is 44.1 Å². The van der Waals surface area contributed by atoms with Crippen molar-refractivity contribution in [1.82, 2.24) is 9.30 Å². The summed E-state index contributed by atoms with van der Waals surface area (Å²) in [6.07, 6.45) is 1.91. The van der Waals surface area contributed by atoms with E-state index in [9.17, 15) is 13.2 Å². The lowest BCUT2D eigenvalue weighted by Crippen LogP contribution is -2.34. The van der Waals surface area contributed by atoms with E-state index in [4.69, 9.17) is 9.15 Å². The summed E-state index contributed by atoms with van der Waals surface area (Å²) in [6.45, 7) is 6.46. The van der Waals surface area contributed by atoms with Crippen LogP contribution in [0.3, 0.4) is 0 Å². The highest BCUT2D eigenvalue weighted by Crippen LogP contribution is 2.44. The van der Waals surface area contributed by atoms with Crippen molar-refractivity contribution in [1.29, 1.82) is 0 Å². The molecule has 0 bridgehead atoms. The normalized spacial score (nSPS) is 15.4. The predicted molar refractivity (Wildman–Crippen MR) is 196 cm³/mol. The lowest BCUT2D eigenvalue weighted by Gasteiger charge is -2.22. The van der Waals surface area contributed by atoms with Crippen LogP contribution in [0.5, 0.6) is 0 Å². The fourth-order valence-electron chi connectivity index (χ4n) is 7.22. The van der Waals surface area contributed by atoms with Gasteiger partial charge in [0.1, 0.15) is 23.5 Å². The summed E-state index contributed by atoms with van der Waals surface area (Å²) in [5.74, 6) is -0.0118. The van der Waals surface area contributed by atoms with Crippen molar-refractivity contribution in [3.8, 4) is 22.5 Å². The third-order valence-corrected chi connectivity index (χ3v) is 10.8. The fourth-order valence-corrected chi connectivity index (χ4v) is 8.40. The van der Waals surface area contributed by atoms with Crippen molar-refractivity contribution >= 4 is 44.0 Å². The van der Waals surface area contributed by atoms with Crippen molar-refractivity contribution in [2.24, 2.45) is 0 Å². The molecule has 0 amide bonds. The molecule has 3 heterocycles. The maximum absolute atomic E-state index is 13.9. The number of fused-ring (bicyclic) bond motifs is 4. The first kappa shape index (κ1) is 32.0. The van der Waals surface area contributed by atoms with Crippen LogP contribution in [-0.2, 0) is 32.4 Å². The topological polar surface area (TPSA) is 91.9 Å². The summed E-state index contributed by atoms with van der Waals surface area (Å²) in [6, 6.07) is 36.0. The molecule has 8 rings (SSSR count). The number of hydrogen-bond donors (Lipinski definition) is 1. The number of para-hydroxylation sites is 2. The van der Waals surface area contributed by atoms with Gasteiger partial charge in [0.2, 0.25) is 21.1 Å². The van der Waals surface area contributed by atoms with Gasteiger partial charge in [-0.2, -0.15) is 9.30 Å². The first-order chi connectivity index (χ1) is 24.1. The van der Waals surface area contributed by atoms with Gasteiger partial charge in [0.25, 0.3) is 0 Å². The monoisotopic (exact) mass is 684 g/mol. The molecule has 1 N–H and O–H groups in total. The van der Waals surface area contributed by atoms with Crippen LogP contribution in [0.25, 0.3) is 33.4 Å². The quantitative estimate of drug-likeness (QED) is 0.114. The van der Waals surface area contributed by atoms with Crippen LogP contribution in [0.4, 0.5) is 17.1 Å². The molecule has 0 fully saturated rings. The van der Waals surface area contributed by atoms with Gasteiger partial charge in [0.05, 0.1) is 11.0 Å². The number of benzene rings is 5. The zero-order valence-corrected chi connectivity index (χ0v) is 29.1. The molecule has 0 radical (unpaired) electrons. The van der Waals surface area contributed by atoms with Crippen LogP contribution >= 0.6 is 0 Å². The van der Waals surface area contributed by atoms with Gasteiger partial charge in [-0.3, -0.25) is 4.79 Å². The average Bonchev–Trinajstić information content (AvgIpc) is 3.74. The number of rotatable bonds is 6. The third-order valence-electron chi connectivity index (χ3n) is 9.36. The number of ether oxygens (including phenoxy) is 1. The minimum absolute atomic E-state index is 0.0625. The predicted octanol–water partition coefficient (Wildman–Crippen LogP) is 7.18. The van der Waals surface area contributed by atoms with Gasteiger partial charge in [0.15, 0.2) is 6.54 Å². The summed E-state index contributed by atoms with van der Waals surface area (Å²) < 4.78 is 44.7. The molecule has 0 saturated carbocycles. The first-order valence-corrected chi connectivity index (χ1v) is 18.4. The molecule has 4 aliphatic rings. The Labute approximate surface area is 291 Å². The average molecular weight is 685 g/mol. The second kappa shape index (κ2) is 12.3. The molecule has 0 aromatic heterocycles. The molecule has 8 nitrogen and oxygen atoms in total. The maximum atomic E-state index is 13.9. The van der Waals surface area contributed by atoms with Crippen molar-refractivity contribution < 1.29 is 22.4 Å². The summed E-state index contributed by atoms with van der Waals surface area (Å²) in [5, 5.41) is 1.78. The number of carbonyl (C=O) groups is 1. The van der Waals surface area contributed by atoms with E-state index < -0.39 is 28.1 Å². The summed E-state index contributed by atoms with van der Waals surface area (Å²) >= 11 is 0. The van der Waals surface area contributed by atoms with E-state index in [-0.39, 0.29) is 4.90 Å². The number of nitrogens with one attached hydrogen (secondary N) is 1. The summed E-state index contributed by atoms with van der Waals surface area (Å²) in [4.78, 5) is 14.9. The Kier molecular flexibility index (Phi) is 7.84. The van der Waals surface area contributed by atoms with Gasteiger partial charge >= 0.3 is 5.97 Å². The Balaban J connectivity index is 1.31. The van der Waals surface area contributed by atoms with E-state index in [0.29, 0.717) is 16.9 Å². The lowest BCUT2D eigenvalue weighted by molar-refractivity contribution is -0.153. The van der Waals surface area contributed by atoms with E-state index >= 15 is 0 Å². The molecule has 252 valence electrons. The van der Waals surface area contributed by atoms with Crippen LogP contribution in [-0.4, -0.2) is 39.6 Å². The molecule has 3 aliphatic heterocycles. The first-order valence-electron chi connectivity index (χ1n) is 16.9. The fraction of sp³-hybridized carbons (Fsp3) is 0.220. The van der Waals surface area contributed by atoms with Crippen LogP contribution in [0.15, 0.2) is 119 Å². The van der Waals surface area contributed by atoms with E-state index in [1.165, 1.54) is 22.5 Å². The van der Waals surface area contributed by atoms with Crippen molar-refractivity contribution in [2.75, 3.05) is 24.5 Å². The molecule has 0 unspecified atom stereocenters. The highest BCUT2D eigenvalue weighted by Gasteiger charge is 2.29. The van der Waals surface area contributed by atoms with Gasteiger partial charge in [-0.15, -0.1) is 0 Å². The van der Waals surface area contributed by atoms with Crippen LogP contribution in [0.1, 0.15) is 31.9 Å². The molecule has 0 spiro atoms. The Bertz CT molecular complexity index is 2460. The Hall–Kier alpha value is -5.25. The minimum Gasteiger partial charge on any atom is -0.459 e. The molecule has 0 atom stereocenters. The Morgan fingerprint density at radius 2 is 1.62 bits per heavy atom. The summed E-state index contributed by atoms with van der Waals surface area (Å²) in [5.41, 5.74) is 7.89. The van der Waals surface area contributed by atoms with E-state index in [1.807, 2.05) is 24.3 Å². The smallest absolute Gasteiger partial charge is 0.321 e. The van der Waals surface area contributed by atoms with Crippen LogP contribution in [0.2, 0.25) is 0 Å². The highest BCUT2D eigenvalue weighted by molar-refractivity contribution is 7.89. The number of sulfonamides is 1. The number of esters is 1. The molecule has 9 heteroatoms. The molecule has 0 saturated heterocycles. The largest absolute Gasteiger partial charge is 0.459 e. The Morgan fingerprint density at radius 3 is 2.46 bits per heavy atom. The Morgan fingerprint density at radius 1 is 0.860 bits per heavy atom. The molecule has 4 aromatic rings. The van der Waals surface area contributed by atoms with Gasteiger partial charge in [-0.1, -0.05) is 54.6 Å². The van der Waals surface area contributed by atoms with Gasteiger partial charge < -0.3 is 14.1 Å². The van der Waals surface area contributed by atoms with Crippen LogP contribution < -0.4 is 19.6 Å². The molecular weight excluding hydrogens is 647 g/mol. The number of anilines is 2. The second-order valence-electron chi connectivity index (χ2n) is 13.8. The lowest BCUT2D eigenvalue weighted by atomic mass is 9.93. The van der Waals surface area contributed by atoms with E-state index in [1.54, 1.807) is 32.9 Å². The van der Waals surface area contributed by atoms with E-state index in [0.717, 1.165) is 53.5 Å². The van der Waals surface area contributed by atoms with Gasteiger partial charge in [-0.05, 0) is 63.1 Å². The molecule has 50 heavy (non-hydrogen) atoms. The van der Waals surface area contributed by atoms with Crippen LogP contribution in [0, 0.1) is 0 Å². The van der Waals surface area contributed by atoms with Gasteiger partial charge in [-0.25, -0.2) is 8.42 Å². The highest BCUT2D eigenvalue weighted by atomic mass is 32.2. The van der Waals surface area contributed by atoms with E-state index in [2.05, 4.69) is 87.0 Å². The van der Waals surface area contributed by atoms with Gasteiger partial charge in [0, 0.05) is 70.2 Å². The third kappa shape index (κ3) is 5.86.